The summed E-state index contributed by atoms with van der Waals surface area (Å²) in [7, 11) is 5.99. The number of para-hydroxylation sites is 2. The molecule has 178 valence electrons. The van der Waals surface area contributed by atoms with E-state index in [1.54, 1.807) is 36.4 Å². The van der Waals surface area contributed by atoms with E-state index in [0.29, 0.717) is 23.0 Å². The molecule has 3 N–H and O–H groups in total. The van der Waals surface area contributed by atoms with Gasteiger partial charge in [-0.3, -0.25) is 9.78 Å². The number of nitrogens with one attached hydrogen (secondary N) is 2. The van der Waals surface area contributed by atoms with Crippen LogP contribution in [0.5, 0.6) is 28.9 Å². The smallest absolute Gasteiger partial charge is 0.335 e. The molecule has 2 heterocycles. The van der Waals surface area contributed by atoms with Crippen molar-refractivity contribution >= 4 is 5.71 Å². The monoisotopic (exact) mass is 468 g/mol. The standard InChI is InChI=1S/C23H24N4O7/c1-31-16-8-6-5-7-15(16)27-22(29)19(21(28)24-23(27)30)14-11-13(25-26-14)12-9-17(32-2)20(34-4)18(10-12)33-3/h5-10,13,25,29H,11H2,1-4H3,(H,24,28,30)/t13-/m1/s1. The van der Waals surface area contributed by atoms with Gasteiger partial charge in [-0.1, -0.05) is 12.1 Å². The highest BCUT2D eigenvalue weighted by atomic mass is 16.5. The van der Waals surface area contributed by atoms with E-state index in [1.807, 2.05) is 0 Å². The number of benzene rings is 2. The van der Waals surface area contributed by atoms with Crippen LogP contribution in [-0.4, -0.2) is 48.8 Å². The molecule has 0 radical (unpaired) electrons. The van der Waals surface area contributed by atoms with Crippen molar-refractivity contribution < 1.29 is 24.1 Å². The van der Waals surface area contributed by atoms with E-state index in [0.717, 1.165) is 10.1 Å². The van der Waals surface area contributed by atoms with Crippen molar-refractivity contribution in [1.82, 2.24) is 15.0 Å². The van der Waals surface area contributed by atoms with Crippen molar-refractivity contribution in [2.45, 2.75) is 12.5 Å². The first-order valence-electron chi connectivity index (χ1n) is 10.3. The maximum Gasteiger partial charge on any atom is 0.335 e. The number of aromatic nitrogens is 2. The number of nitrogens with zero attached hydrogens (tertiary/aromatic N) is 2. The van der Waals surface area contributed by atoms with Gasteiger partial charge in [0.05, 0.1) is 45.9 Å². The van der Waals surface area contributed by atoms with Gasteiger partial charge in [-0.15, -0.1) is 0 Å². The Hall–Kier alpha value is -4.41. The molecule has 0 aliphatic carbocycles. The molecule has 1 aliphatic heterocycles. The van der Waals surface area contributed by atoms with Crippen LogP contribution in [0, 0.1) is 0 Å². The van der Waals surface area contributed by atoms with Gasteiger partial charge in [0, 0.05) is 6.42 Å². The number of ether oxygens (including phenoxy) is 4. The Morgan fingerprint density at radius 3 is 2.24 bits per heavy atom. The fraction of sp³-hybridized carbons (Fsp3) is 0.261. The molecule has 1 atom stereocenters. The number of hydrogen-bond acceptors (Lipinski definition) is 9. The Morgan fingerprint density at radius 2 is 1.62 bits per heavy atom. The molecule has 11 heteroatoms. The lowest BCUT2D eigenvalue weighted by Crippen LogP contribution is -2.33. The second-order valence-corrected chi connectivity index (χ2v) is 7.37. The zero-order valence-corrected chi connectivity index (χ0v) is 19.0. The summed E-state index contributed by atoms with van der Waals surface area (Å²) in [6.07, 6.45) is 0.249. The molecular formula is C23H24N4O7. The molecule has 34 heavy (non-hydrogen) atoms. The third-order valence-electron chi connectivity index (χ3n) is 5.54. The Morgan fingerprint density at radius 1 is 0.971 bits per heavy atom. The fourth-order valence-electron chi connectivity index (χ4n) is 3.92. The number of hydrogen-bond donors (Lipinski definition) is 3. The summed E-state index contributed by atoms with van der Waals surface area (Å²) in [6, 6.07) is 9.84. The average Bonchev–Trinajstić information content (AvgIpc) is 3.32. The molecule has 1 aromatic heterocycles. The quantitative estimate of drug-likeness (QED) is 0.477. The second-order valence-electron chi connectivity index (χ2n) is 7.37. The molecule has 0 saturated carbocycles. The minimum atomic E-state index is -0.802. The van der Waals surface area contributed by atoms with Gasteiger partial charge in [0.1, 0.15) is 11.3 Å². The van der Waals surface area contributed by atoms with Gasteiger partial charge in [-0.25, -0.2) is 9.36 Å². The number of H-pyrrole nitrogens is 1. The third-order valence-corrected chi connectivity index (χ3v) is 5.54. The Bertz CT molecular complexity index is 1350. The lowest BCUT2D eigenvalue weighted by Gasteiger charge is -2.17. The van der Waals surface area contributed by atoms with Crippen LogP contribution in [0.1, 0.15) is 23.6 Å². The number of rotatable bonds is 7. The zero-order valence-electron chi connectivity index (χ0n) is 19.0. The van der Waals surface area contributed by atoms with Crippen LogP contribution >= 0.6 is 0 Å². The summed E-state index contributed by atoms with van der Waals surface area (Å²) in [4.78, 5) is 27.5. The molecule has 3 aromatic rings. The summed E-state index contributed by atoms with van der Waals surface area (Å²) in [5.74, 6) is 1.20. The first-order valence-corrected chi connectivity index (χ1v) is 10.3. The largest absolute Gasteiger partial charge is 0.495 e. The number of methoxy groups -OCH3 is 4. The fourth-order valence-corrected chi connectivity index (χ4v) is 3.92. The van der Waals surface area contributed by atoms with Crippen LogP contribution in [0.3, 0.4) is 0 Å². The molecule has 0 saturated heterocycles. The molecule has 11 nitrogen and oxygen atoms in total. The van der Waals surface area contributed by atoms with Crippen LogP contribution in [0.25, 0.3) is 5.69 Å². The average molecular weight is 468 g/mol. The highest BCUT2D eigenvalue weighted by Gasteiger charge is 2.29. The predicted octanol–water partition coefficient (Wildman–Crippen LogP) is 1.70. The normalized spacial score (nSPS) is 14.8. The van der Waals surface area contributed by atoms with Crippen molar-refractivity contribution in [3.63, 3.8) is 0 Å². The van der Waals surface area contributed by atoms with E-state index in [2.05, 4.69) is 15.5 Å². The van der Waals surface area contributed by atoms with Crippen molar-refractivity contribution in [2.24, 2.45) is 5.10 Å². The third kappa shape index (κ3) is 3.81. The SMILES string of the molecule is COc1ccccc1-n1c(O)c(C2=NN[C@@H](c3cc(OC)c(OC)c(OC)c3)C2)c(=O)[nH]c1=O. The van der Waals surface area contributed by atoms with Gasteiger partial charge in [0.2, 0.25) is 11.6 Å². The molecule has 0 bridgehead atoms. The molecule has 1 aliphatic rings. The Labute approximate surface area is 194 Å². The minimum Gasteiger partial charge on any atom is -0.495 e. The first-order chi connectivity index (χ1) is 16.4. The van der Waals surface area contributed by atoms with E-state index >= 15 is 0 Å². The first kappa shape index (κ1) is 22.8. The maximum absolute atomic E-state index is 12.7. The van der Waals surface area contributed by atoms with E-state index in [-0.39, 0.29) is 29.4 Å². The van der Waals surface area contributed by atoms with Crippen LogP contribution in [0.4, 0.5) is 0 Å². The van der Waals surface area contributed by atoms with E-state index in [4.69, 9.17) is 18.9 Å². The highest BCUT2D eigenvalue weighted by molar-refractivity contribution is 6.03. The molecular weight excluding hydrogens is 444 g/mol. The van der Waals surface area contributed by atoms with Gasteiger partial charge in [-0.2, -0.15) is 5.10 Å². The number of aromatic amines is 1. The van der Waals surface area contributed by atoms with Crippen LogP contribution < -0.4 is 35.6 Å². The van der Waals surface area contributed by atoms with Gasteiger partial charge >= 0.3 is 5.69 Å². The molecule has 0 spiro atoms. The van der Waals surface area contributed by atoms with Gasteiger partial charge in [0.25, 0.3) is 5.56 Å². The van der Waals surface area contributed by atoms with Crippen molar-refractivity contribution in [3.05, 3.63) is 68.4 Å². The van der Waals surface area contributed by atoms with Crippen LogP contribution in [0.2, 0.25) is 0 Å². The molecule has 2 aromatic carbocycles. The van der Waals surface area contributed by atoms with Crippen molar-refractivity contribution in [3.8, 4) is 34.6 Å². The molecule has 4 rings (SSSR count). The summed E-state index contributed by atoms with van der Waals surface area (Å²) >= 11 is 0. The maximum atomic E-state index is 12.7. The summed E-state index contributed by atoms with van der Waals surface area (Å²) in [5.41, 5.74) is 2.62. The molecule has 0 fully saturated rings. The minimum absolute atomic E-state index is 0.118. The summed E-state index contributed by atoms with van der Waals surface area (Å²) in [5, 5.41) is 15.3. The van der Waals surface area contributed by atoms with E-state index in [9.17, 15) is 14.7 Å². The van der Waals surface area contributed by atoms with Gasteiger partial charge < -0.3 is 29.5 Å². The van der Waals surface area contributed by atoms with Crippen molar-refractivity contribution in [1.29, 1.82) is 0 Å². The van der Waals surface area contributed by atoms with Crippen LogP contribution in [-0.2, 0) is 0 Å². The topological polar surface area (TPSA) is 136 Å². The van der Waals surface area contributed by atoms with Crippen LogP contribution in [0.15, 0.2) is 51.1 Å². The lowest BCUT2D eigenvalue weighted by molar-refractivity contribution is 0.323. The molecule has 0 unspecified atom stereocenters. The number of hydrazone groups is 1. The van der Waals surface area contributed by atoms with Crippen molar-refractivity contribution in [2.75, 3.05) is 28.4 Å². The number of aromatic hydroxyl groups is 1. The van der Waals surface area contributed by atoms with E-state index < -0.39 is 17.1 Å². The summed E-state index contributed by atoms with van der Waals surface area (Å²) in [6.45, 7) is 0. The zero-order chi connectivity index (χ0) is 24.4. The van der Waals surface area contributed by atoms with Gasteiger partial charge in [0.15, 0.2) is 11.5 Å². The molecule has 0 amide bonds. The lowest BCUT2D eigenvalue weighted by atomic mass is 9.99. The summed E-state index contributed by atoms with van der Waals surface area (Å²) < 4.78 is 22.5. The predicted molar refractivity (Wildman–Crippen MR) is 124 cm³/mol. The van der Waals surface area contributed by atoms with Gasteiger partial charge in [-0.05, 0) is 29.8 Å². The Kier molecular flexibility index (Phi) is 6.17. The van der Waals surface area contributed by atoms with E-state index in [1.165, 1.54) is 28.4 Å². The highest BCUT2D eigenvalue weighted by Crippen LogP contribution is 2.41. The second kappa shape index (κ2) is 9.22. The Balaban J connectivity index is 1.75.